The van der Waals surface area contributed by atoms with Crippen molar-refractivity contribution in [1.29, 1.82) is 0 Å². The lowest BCUT2D eigenvalue weighted by Crippen LogP contribution is -2.21. The molecule has 0 amide bonds. The molecule has 3 heteroatoms. The second kappa shape index (κ2) is 5.81. The Labute approximate surface area is 123 Å². The summed E-state index contributed by atoms with van der Waals surface area (Å²) < 4.78 is 6.05. The maximum atomic E-state index is 12.5. The van der Waals surface area contributed by atoms with Gasteiger partial charge in [-0.05, 0) is 17.4 Å². The molecule has 0 unspecified atom stereocenters. The second-order valence-electron chi connectivity index (χ2n) is 4.75. The Morgan fingerprint density at radius 3 is 2.10 bits per heavy atom. The monoisotopic (exact) mass is 284 g/mol. The Hall–Kier alpha value is -1.58. The van der Waals surface area contributed by atoms with E-state index in [0.717, 1.165) is 28.0 Å². The van der Waals surface area contributed by atoms with Gasteiger partial charge in [-0.15, -0.1) is 0 Å². The summed E-state index contributed by atoms with van der Waals surface area (Å²) in [5.41, 5.74) is 3.50. The average molecular weight is 284 g/mol. The van der Waals surface area contributed by atoms with Crippen molar-refractivity contribution in [2.75, 3.05) is 18.6 Å². The summed E-state index contributed by atoms with van der Waals surface area (Å²) >= 11 is 1.76. The molecule has 0 aromatic heterocycles. The lowest BCUT2D eigenvalue weighted by molar-refractivity contribution is 0.0846. The zero-order chi connectivity index (χ0) is 13.9. The molecule has 0 heterocycles. The fourth-order valence-corrected chi connectivity index (χ4v) is 2.87. The van der Waals surface area contributed by atoms with E-state index in [4.69, 9.17) is 4.74 Å². The maximum absolute atomic E-state index is 12.5. The van der Waals surface area contributed by atoms with Gasteiger partial charge in [0.05, 0.1) is 6.61 Å². The van der Waals surface area contributed by atoms with Crippen LogP contribution in [-0.4, -0.2) is 24.4 Å². The highest BCUT2D eigenvalue weighted by molar-refractivity contribution is 7.98. The molecule has 0 fully saturated rings. The third-order valence-electron chi connectivity index (χ3n) is 3.55. The summed E-state index contributed by atoms with van der Waals surface area (Å²) in [5, 5.41) is 0. The summed E-state index contributed by atoms with van der Waals surface area (Å²) in [4.78, 5) is 12.5. The predicted molar refractivity (Wildman–Crippen MR) is 82.5 cm³/mol. The Morgan fingerprint density at radius 2 is 1.55 bits per heavy atom. The molecule has 20 heavy (non-hydrogen) atoms. The SMILES string of the molecule is CSCCOC1c2ccccc2C(=O)c2ccccc21. The summed E-state index contributed by atoms with van der Waals surface area (Å²) in [7, 11) is 0. The van der Waals surface area contributed by atoms with Crippen LogP contribution in [0, 0.1) is 0 Å². The summed E-state index contributed by atoms with van der Waals surface area (Å²) in [5.74, 6) is 1.05. The number of ketones is 1. The number of hydrogen-bond acceptors (Lipinski definition) is 3. The Balaban J connectivity index is 2.05. The number of ether oxygens (including phenoxy) is 1. The minimum Gasteiger partial charge on any atom is -0.368 e. The molecule has 2 aromatic carbocycles. The smallest absolute Gasteiger partial charge is 0.193 e. The lowest BCUT2D eigenvalue weighted by Gasteiger charge is -2.27. The number of benzene rings is 2. The third-order valence-corrected chi connectivity index (χ3v) is 4.12. The van der Waals surface area contributed by atoms with E-state index in [1.807, 2.05) is 48.5 Å². The lowest BCUT2D eigenvalue weighted by atomic mass is 9.83. The van der Waals surface area contributed by atoms with Crippen LogP contribution >= 0.6 is 11.8 Å². The second-order valence-corrected chi connectivity index (χ2v) is 5.73. The molecule has 0 radical (unpaired) electrons. The number of carbonyl (C=O) groups excluding carboxylic acids is 1. The van der Waals surface area contributed by atoms with Crippen LogP contribution in [0.2, 0.25) is 0 Å². The van der Waals surface area contributed by atoms with Gasteiger partial charge in [0.1, 0.15) is 6.10 Å². The number of hydrogen-bond donors (Lipinski definition) is 0. The zero-order valence-corrected chi connectivity index (χ0v) is 12.2. The molecule has 0 N–H and O–H groups in total. The van der Waals surface area contributed by atoms with Crippen LogP contribution in [0.5, 0.6) is 0 Å². The molecule has 0 saturated carbocycles. The molecule has 0 saturated heterocycles. The first-order chi connectivity index (χ1) is 9.83. The molecule has 102 valence electrons. The first-order valence-corrected chi connectivity index (χ1v) is 8.05. The minimum atomic E-state index is -0.132. The topological polar surface area (TPSA) is 26.3 Å². The molecule has 1 aliphatic rings. The van der Waals surface area contributed by atoms with Crippen LogP contribution in [-0.2, 0) is 4.74 Å². The number of carbonyl (C=O) groups is 1. The van der Waals surface area contributed by atoms with Gasteiger partial charge in [0.15, 0.2) is 5.78 Å². The van der Waals surface area contributed by atoms with Gasteiger partial charge in [-0.2, -0.15) is 11.8 Å². The van der Waals surface area contributed by atoms with Crippen LogP contribution in [0.3, 0.4) is 0 Å². The molecule has 3 rings (SSSR count). The standard InChI is InChI=1S/C17H16O2S/c1-20-11-10-19-17-14-8-4-2-6-12(14)16(18)13-7-3-5-9-15(13)17/h2-9,17H,10-11H2,1H3. The first-order valence-electron chi connectivity index (χ1n) is 6.66. The molecule has 0 atom stereocenters. The van der Waals surface area contributed by atoms with Crippen molar-refractivity contribution >= 4 is 17.5 Å². The van der Waals surface area contributed by atoms with E-state index in [1.54, 1.807) is 11.8 Å². The number of rotatable bonds is 4. The van der Waals surface area contributed by atoms with E-state index in [1.165, 1.54) is 0 Å². The van der Waals surface area contributed by atoms with Gasteiger partial charge in [0.2, 0.25) is 0 Å². The maximum Gasteiger partial charge on any atom is 0.193 e. The minimum absolute atomic E-state index is 0.0981. The third kappa shape index (κ3) is 2.28. The highest BCUT2D eigenvalue weighted by Gasteiger charge is 2.30. The Morgan fingerprint density at radius 1 is 1.00 bits per heavy atom. The normalized spacial score (nSPS) is 13.9. The number of fused-ring (bicyclic) bond motifs is 2. The van der Waals surface area contributed by atoms with Crippen molar-refractivity contribution < 1.29 is 9.53 Å². The predicted octanol–water partition coefficient (Wildman–Crippen LogP) is 3.70. The fraction of sp³-hybridized carbons (Fsp3) is 0.235. The van der Waals surface area contributed by atoms with E-state index < -0.39 is 0 Å². The van der Waals surface area contributed by atoms with E-state index in [9.17, 15) is 4.79 Å². The number of thioether (sulfide) groups is 1. The van der Waals surface area contributed by atoms with Crippen molar-refractivity contribution in [2.45, 2.75) is 6.10 Å². The zero-order valence-electron chi connectivity index (χ0n) is 11.3. The summed E-state index contributed by atoms with van der Waals surface area (Å²) in [6, 6.07) is 15.5. The van der Waals surface area contributed by atoms with Crippen molar-refractivity contribution in [3.8, 4) is 0 Å². The van der Waals surface area contributed by atoms with Gasteiger partial charge < -0.3 is 4.74 Å². The van der Waals surface area contributed by atoms with Crippen LogP contribution in [0.15, 0.2) is 48.5 Å². The van der Waals surface area contributed by atoms with Crippen molar-refractivity contribution in [3.63, 3.8) is 0 Å². The largest absolute Gasteiger partial charge is 0.368 e. The summed E-state index contributed by atoms with van der Waals surface area (Å²) in [6.07, 6.45) is 1.93. The molecular weight excluding hydrogens is 268 g/mol. The first kappa shape index (κ1) is 13.4. The molecule has 0 bridgehead atoms. The van der Waals surface area contributed by atoms with E-state index in [0.29, 0.717) is 6.61 Å². The Kier molecular flexibility index (Phi) is 3.90. The highest BCUT2D eigenvalue weighted by atomic mass is 32.2. The van der Waals surface area contributed by atoms with Crippen molar-refractivity contribution in [1.82, 2.24) is 0 Å². The van der Waals surface area contributed by atoms with Crippen LogP contribution < -0.4 is 0 Å². The van der Waals surface area contributed by atoms with Gasteiger partial charge >= 0.3 is 0 Å². The van der Waals surface area contributed by atoms with Gasteiger partial charge in [0, 0.05) is 16.9 Å². The van der Waals surface area contributed by atoms with Gasteiger partial charge in [-0.25, -0.2) is 0 Å². The van der Waals surface area contributed by atoms with Gasteiger partial charge in [0.25, 0.3) is 0 Å². The van der Waals surface area contributed by atoms with E-state index >= 15 is 0 Å². The van der Waals surface area contributed by atoms with Gasteiger partial charge in [-0.1, -0.05) is 48.5 Å². The quantitative estimate of drug-likeness (QED) is 0.801. The highest BCUT2D eigenvalue weighted by Crippen LogP contribution is 2.37. The molecule has 0 aliphatic heterocycles. The molecule has 2 aromatic rings. The molecule has 1 aliphatic carbocycles. The molecular formula is C17H16O2S. The average Bonchev–Trinajstić information content (AvgIpc) is 2.51. The van der Waals surface area contributed by atoms with Crippen molar-refractivity contribution in [3.05, 3.63) is 70.8 Å². The summed E-state index contributed by atoms with van der Waals surface area (Å²) in [6.45, 7) is 0.683. The fourth-order valence-electron chi connectivity index (χ4n) is 2.61. The molecule has 2 nitrogen and oxygen atoms in total. The van der Waals surface area contributed by atoms with Gasteiger partial charge in [-0.3, -0.25) is 4.79 Å². The van der Waals surface area contributed by atoms with Crippen LogP contribution in [0.1, 0.15) is 33.2 Å². The Bertz CT molecular complexity index is 587. The van der Waals surface area contributed by atoms with Crippen LogP contribution in [0.25, 0.3) is 0 Å². The van der Waals surface area contributed by atoms with E-state index in [-0.39, 0.29) is 11.9 Å². The molecule has 0 spiro atoms. The van der Waals surface area contributed by atoms with Crippen LogP contribution in [0.4, 0.5) is 0 Å². The van der Waals surface area contributed by atoms with E-state index in [2.05, 4.69) is 6.26 Å². The van der Waals surface area contributed by atoms with Crippen molar-refractivity contribution in [2.24, 2.45) is 0 Å².